The van der Waals surface area contributed by atoms with Gasteiger partial charge < -0.3 is 25.2 Å². The lowest BCUT2D eigenvalue weighted by atomic mass is 10.2. The summed E-state index contributed by atoms with van der Waals surface area (Å²) in [5.74, 6) is -3.40. The van der Waals surface area contributed by atoms with E-state index in [-0.39, 0.29) is 0 Å². The first-order chi connectivity index (χ1) is 6.67. The number of ether oxygens (including phenoxy) is 1. The van der Waals surface area contributed by atoms with E-state index in [1.807, 2.05) is 0 Å². The van der Waals surface area contributed by atoms with Crippen LogP contribution in [0.5, 0.6) is 0 Å². The van der Waals surface area contributed by atoms with Gasteiger partial charge in [-0.1, -0.05) is 0 Å². The first-order valence-corrected chi connectivity index (χ1v) is 3.68. The zero-order chi connectivity index (χ0) is 12.3. The minimum atomic E-state index is -2.78. The van der Waals surface area contributed by atoms with Crippen LogP contribution in [0.4, 0.5) is 0 Å². The van der Waals surface area contributed by atoms with Gasteiger partial charge in [0.2, 0.25) is 11.4 Å². The van der Waals surface area contributed by atoms with Gasteiger partial charge in [0.1, 0.15) is 0 Å². The molecule has 0 aliphatic rings. The number of esters is 2. The largest absolute Gasteiger partial charge is 0.391 e. The molecule has 0 aliphatic carbocycles. The second kappa shape index (κ2) is 4.61. The highest BCUT2D eigenvalue weighted by Gasteiger charge is 2.40. The van der Waals surface area contributed by atoms with Gasteiger partial charge in [0.25, 0.3) is 0 Å². The summed E-state index contributed by atoms with van der Waals surface area (Å²) in [5, 5.41) is 34.6. The minimum absolute atomic E-state index is 1.19. The Balaban J connectivity index is 4.51. The van der Waals surface area contributed by atoms with E-state index < -0.39 is 36.6 Å². The number of hydrogen-bond donors (Lipinski definition) is 6. The molecule has 0 saturated carbocycles. The molecule has 0 aromatic heterocycles. The second-order valence-corrected chi connectivity index (χ2v) is 2.84. The Morgan fingerprint density at radius 3 is 1.47 bits per heavy atom. The molecule has 2 atom stereocenters. The van der Waals surface area contributed by atoms with Crippen molar-refractivity contribution in [2.45, 2.75) is 11.4 Å². The molecular formula is C6H12N2O7. The Bertz CT molecular complexity index is 236. The summed E-state index contributed by atoms with van der Waals surface area (Å²) in [5.41, 5.74) is 4.02. The first kappa shape index (κ1) is 13.9. The summed E-state index contributed by atoms with van der Waals surface area (Å²) in [7, 11) is 0. The first-order valence-electron chi connectivity index (χ1n) is 3.68. The van der Waals surface area contributed by atoms with E-state index in [2.05, 4.69) is 4.74 Å². The lowest BCUT2D eigenvalue weighted by Gasteiger charge is -2.21. The summed E-state index contributed by atoms with van der Waals surface area (Å²) >= 11 is 0. The van der Waals surface area contributed by atoms with E-state index in [0.717, 1.165) is 0 Å². The maximum Gasteiger partial charge on any atom is 0.363 e. The number of nitrogens with two attached hydrogens (primary N) is 2. The van der Waals surface area contributed by atoms with Crippen molar-refractivity contribution in [2.24, 2.45) is 11.5 Å². The van der Waals surface area contributed by atoms with Gasteiger partial charge >= 0.3 is 11.9 Å². The molecule has 0 aromatic rings. The molecule has 0 aromatic carbocycles. The number of aliphatic hydroxyl groups excluding tert-OH is 2. The zero-order valence-corrected chi connectivity index (χ0v) is 7.58. The predicted molar refractivity (Wildman–Crippen MR) is 43.5 cm³/mol. The van der Waals surface area contributed by atoms with Crippen LogP contribution in [0.3, 0.4) is 0 Å². The van der Waals surface area contributed by atoms with Gasteiger partial charge in [-0.2, -0.15) is 0 Å². The summed E-state index contributed by atoms with van der Waals surface area (Å²) < 4.78 is 3.81. The molecule has 9 heteroatoms. The lowest BCUT2D eigenvalue weighted by Crippen LogP contribution is -2.57. The molecule has 0 spiro atoms. The molecule has 2 unspecified atom stereocenters. The monoisotopic (exact) mass is 224 g/mol. The van der Waals surface area contributed by atoms with Crippen molar-refractivity contribution in [3.8, 4) is 0 Å². The molecule has 8 N–H and O–H groups in total. The maximum atomic E-state index is 10.8. The van der Waals surface area contributed by atoms with Crippen molar-refractivity contribution in [2.75, 3.05) is 13.2 Å². The van der Waals surface area contributed by atoms with E-state index >= 15 is 0 Å². The standard InChI is InChI=1S/C6H12N2O7/c7-5(13,1-9)3(11)15-4(12)6(8,14)2-10/h9-10,13-14H,1-2,7-8H2. The Labute approximate surface area is 83.9 Å². The minimum Gasteiger partial charge on any atom is -0.391 e. The van der Waals surface area contributed by atoms with Gasteiger partial charge in [-0.3, -0.25) is 11.5 Å². The van der Waals surface area contributed by atoms with E-state index in [4.69, 9.17) is 31.9 Å². The van der Waals surface area contributed by atoms with Crippen LogP contribution in [-0.4, -0.2) is 57.0 Å². The molecule has 0 heterocycles. The van der Waals surface area contributed by atoms with Crippen LogP contribution in [0.1, 0.15) is 0 Å². The van der Waals surface area contributed by atoms with Crippen LogP contribution < -0.4 is 11.5 Å². The zero-order valence-electron chi connectivity index (χ0n) is 7.58. The van der Waals surface area contributed by atoms with Crippen LogP contribution in [-0.2, 0) is 14.3 Å². The van der Waals surface area contributed by atoms with Crippen LogP contribution in [0.2, 0.25) is 0 Å². The van der Waals surface area contributed by atoms with Gasteiger partial charge in [-0.25, -0.2) is 9.59 Å². The summed E-state index contributed by atoms with van der Waals surface area (Å²) in [4.78, 5) is 21.7. The fraction of sp³-hybridized carbons (Fsp3) is 0.667. The average molecular weight is 224 g/mol. The second-order valence-electron chi connectivity index (χ2n) is 2.84. The number of rotatable bonds is 4. The molecule has 0 fully saturated rings. The number of carbonyl (C=O) groups excluding carboxylic acids is 2. The number of hydrogen-bond acceptors (Lipinski definition) is 9. The Morgan fingerprint density at radius 1 is 1.00 bits per heavy atom. The van der Waals surface area contributed by atoms with Crippen LogP contribution in [0.25, 0.3) is 0 Å². The highest BCUT2D eigenvalue weighted by Crippen LogP contribution is 2.03. The summed E-state index contributed by atoms with van der Waals surface area (Å²) in [6.07, 6.45) is 0. The predicted octanol–water partition coefficient (Wildman–Crippen LogP) is -4.66. The quantitative estimate of drug-likeness (QED) is 0.155. The van der Waals surface area contributed by atoms with E-state index in [0.29, 0.717) is 0 Å². The molecule has 0 rings (SSSR count). The third kappa shape index (κ3) is 3.51. The smallest absolute Gasteiger partial charge is 0.363 e. The van der Waals surface area contributed by atoms with Gasteiger partial charge in [-0.05, 0) is 0 Å². The molecule has 0 aliphatic heterocycles. The third-order valence-electron chi connectivity index (χ3n) is 1.37. The SMILES string of the molecule is NC(O)(CO)C(=O)OC(=O)C(N)(O)CO. The maximum absolute atomic E-state index is 10.8. The fourth-order valence-electron chi connectivity index (χ4n) is 0.390. The van der Waals surface area contributed by atoms with E-state index in [1.54, 1.807) is 0 Å². The van der Waals surface area contributed by atoms with Crippen LogP contribution >= 0.6 is 0 Å². The molecular weight excluding hydrogens is 212 g/mol. The van der Waals surface area contributed by atoms with Gasteiger partial charge in [0.15, 0.2) is 0 Å². The normalized spacial score (nSPS) is 18.8. The highest BCUT2D eigenvalue weighted by molar-refractivity contribution is 5.93. The highest BCUT2D eigenvalue weighted by atomic mass is 16.6. The average Bonchev–Trinajstić information content (AvgIpc) is 2.17. The number of aliphatic hydroxyl groups is 4. The van der Waals surface area contributed by atoms with Crippen molar-refractivity contribution in [1.82, 2.24) is 0 Å². The van der Waals surface area contributed by atoms with Crippen molar-refractivity contribution in [3.63, 3.8) is 0 Å². The van der Waals surface area contributed by atoms with Crippen molar-refractivity contribution in [1.29, 1.82) is 0 Å². The third-order valence-corrected chi connectivity index (χ3v) is 1.37. The molecule has 88 valence electrons. The Kier molecular flexibility index (Phi) is 4.27. The molecule has 0 amide bonds. The number of carbonyl (C=O) groups is 2. The molecule has 15 heavy (non-hydrogen) atoms. The van der Waals surface area contributed by atoms with Crippen molar-refractivity contribution >= 4 is 11.9 Å². The topological polar surface area (TPSA) is 176 Å². The van der Waals surface area contributed by atoms with Gasteiger partial charge in [0.05, 0.1) is 13.2 Å². The summed E-state index contributed by atoms with van der Waals surface area (Å²) in [6, 6.07) is 0. The van der Waals surface area contributed by atoms with E-state index in [9.17, 15) is 9.59 Å². The fourth-order valence-corrected chi connectivity index (χ4v) is 0.390. The Morgan fingerprint density at radius 2 is 1.27 bits per heavy atom. The van der Waals surface area contributed by atoms with Gasteiger partial charge in [-0.15, -0.1) is 0 Å². The van der Waals surface area contributed by atoms with Crippen molar-refractivity contribution in [3.05, 3.63) is 0 Å². The molecule has 0 radical (unpaired) electrons. The summed E-state index contributed by atoms with van der Waals surface area (Å²) in [6.45, 7) is -2.39. The lowest BCUT2D eigenvalue weighted by molar-refractivity contribution is -0.188. The van der Waals surface area contributed by atoms with E-state index in [1.165, 1.54) is 0 Å². The molecule has 9 nitrogen and oxygen atoms in total. The molecule has 0 bridgehead atoms. The molecule has 0 saturated heterocycles. The van der Waals surface area contributed by atoms with Crippen molar-refractivity contribution < 1.29 is 34.8 Å². The van der Waals surface area contributed by atoms with Crippen LogP contribution in [0, 0.1) is 0 Å². The van der Waals surface area contributed by atoms with Crippen LogP contribution in [0.15, 0.2) is 0 Å². The van der Waals surface area contributed by atoms with Gasteiger partial charge in [0, 0.05) is 0 Å². The Hall–Kier alpha value is -1.10.